The number of aryl methyl sites for hydroxylation is 2. The summed E-state index contributed by atoms with van der Waals surface area (Å²) >= 11 is 0. The third-order valence-corrected chi connectivity index (χ3v) is 3.39. The third kappa shape index (κ3) is 4.01. The molecule has 0 heterocycles. The lowest BCUT2D eigenvalue weighted by Crippen LogP contribution is -2.28. The Bertz CT molecular complexity index is 615. The van der Waals surface area contributed by atoms with E-state index in [0.717, 1.165) is 22.6 Å². The first kappa shape index (κ1) is 15.9. The number of hydrogen-bond donors (Lipinski definition) is 1. The second-order valence-corrected chi connectivity index (χ2v) is 5.05. The molecule has 0 bridgehead atoms. The van der Waals surface area contributed by atoms with E-state index >= 15 is 0 Å². The van der Waals surface area contributed by atoms with E-state index < -0.39 is 0 Å². The van der Waals surface area contributed by atoms with Crippen molar-refractivity contribution in [2.24, 2.45) is 0 Å². The number of rotatable bonds is 6. The van der Waals surface area contributed by atoms with Gasteiger partial charge >= 0.3 is 0 Å². The smallest absolute Gasteiger partial charge is 0.251 e. The molecule has 0 saturated carbocycles. The van der Waals surface area contributed by atoms with Crippen LogP contribution in [0.2, 0.25) is 0 Å². The Hall–Kier alpha value is -2.49. The van der Waals surface area contributed by atoms with Gasteiger partial charge in [0.05, 0.1) is 13.7 Å². The summed E-state index contributed by atoms with van der Waals surface area (Å²) in [6.45, 7) is 4.92. The van der Waals surface area contributed by atoms with Gasteiger partial charge in [0, 0.05) is 5.56 Å². The number of hydrogen-bond acceptors (Lipinski definition) is 3. The van der Waals surface area contributed by atoms with E-state index in [2.05, 4.69) is 5.32 Å². The highest BCUT2D eigenvalue weighted by Crippen LogP contribution is 2.21. The minimum atomic E-state index is -0.118. The van der Waals surface area contributed by atoms with Crippen molar-refractivity contribution in [1.29, 1.82) is 0 Å². The van der Waals surface area contributed by atoms with Crippen LogP contribution in [0.3, 0.4) is 0 Å². The molecule has 2 rings (SSSR count). The van der Waals surface area contributed by atoms with Gasteiger partial charge in [0.25, 0.3) is 5.91 Å². The van der Waals surface area contributed by atoms with Crippen molar-refractivity contribution in [1.82, 2.24) is 5.32 Å². The Kier molecular flexibility index (Phi) is 5.42. The fourth-order valence-corrected chi connectivity index (χ4v) is 2.19. The number of methoxy groups -OCH3 is 1. The summed E-state index contributed by atoms with van der Waals surface area (Å²) in [6, 6.07) is 13.0. The average molecular weight is 299 g/mol. The maximum absolute atomic E-state index is 12.0. The Labute approximate surface area is 131 Å². The van der Waals surface area contributed by atoms with Gasteiger partial charge in [-0.1, -0.05) is 18.2 Å². The molecule has 0 aliphatic heterocycles. The first-order chi connectivity index (χ1) is 10.6. The number of carbonyl (C=O) groups excluding carboxylic acids is 1. The largest absolute Gasteiger partial charge is 0.497 e. The van der Waals surface area contributed by atoms with Crippen molar-refractivity contribution in [2.45, 2.75) is 13.8 Å². The van der Waals surface area contributed by atoms with Crippen LogP contribution in [0.15, 0.2) is 42.5 Å². The summed E-state index contributed by atoms with van der Waals surface area (Å²) in [5.41, 5.74) is 2.80. The number of benzene rings is 2. The number of nitrogens with one attached hydrogen (secondary N) is 1. The van der Waals surface area contributed by atoms with Crippen LogP contribution in [0.5, 0.6) is 11.5 Å². The highest BCUT2D eigenvalue weighted by atomic mass is 16.5. The Morgan fingerprint density at radius 3 is 2.27 bits per heavy atom. The standard InChI is InChI=1S/C18H21NO3/c1-13-5-4-6-14(2)17(13)22-12-11-19-18(20)15-7-9-16(21-3)10-8-15/h4-10H,11-12H2,1-3H3,(H,19,20). The van der Waals surface area contributed by atoms with Crippen molar-refractivity contribution < 1.29 is 14.3 Å². The molecule has 2 aromatic rings. The Balaban J connectivity index is 1.82. The fraction of sp³-hybridized carbons (Fsp3) is 0.278. The molecule has 1 amide bonds. The van der Waals surface area contributed by atoms with Gasteiger partial charge in [-0.15, -0.1) is 0 Å². The van der Waals surface area contributed by atoms with Crippen molar-refractivity contribution in [3.63, 3.8) is 0 Å². The predicted octanol–water partition coefficient (Wildman–Crippen LogP) is 3.12. The zero-order valence-electron chi connectivity index (χ0n) is 13.2. The maximum Gasteiger partial charge on any atom is 0.251 e. The lowest BCUT2D eigenvalue weighted by molar-refractivity contribution is 0.0947. The highest BCUT2D eigenvalue weighted by Gasteiger charge is 2.06. The molecule has 22 heavy (non-hydrogen) atoms. The van der Waals surface area contributed by atoms with Crippen LogP contribution in [-0.2, 0) is 0 Å². The molecule has 4 nitrogen and oxygen atoms in total. The van der Waals surface area contributed by atoms with E-state index in [-0.39, 0.29) is 5.91 Å². The lowest BCUT2D eigenvalue weighted by Gasteiger charge is -2.12. The van der Waals surface area contributed by atoms with E-state index in [0.29, 0.717) is 18.7 Å². The molecular formula is C18H21NO3. The van der Waals surface area contributed by atoms with Crippen molar-refractivity contribution >= 4 is 5.91 Å². The van der Waals surface area contributed by atoms with Gasteiger partial charge in [-0.25, -0.2) is 0 Å². The van der Waals surface area contributed by atoms with Crippen LogP contribution in [0.1, 0.15) is 21.5 Å². The van der Waals surface area contributed by atoms with Crippen molar-refractivity contribution in [3.8, 4) is 11.5 Å². The number of para-hydroxylation sites is 1. The monoisotopic (exact) mass is 299 g/mol. The molecule has 116 valence electrons. The summed E-state index contributed by atoms with van der Waals surface area (Å²) in [6.07, 6.45) is 0. The molecule has 4 heteroatoms. The summed E-state index contributed by atoms with van der Waals surface area (Å²) in [5.74, 6) is 1.50. The molecule has 0 aromatic heterocycles. The number of carbonyl (C=O) groups is 1. The maximum atomic E-state index is 12.0. The molecule has 0 fully saturated rings. The molecule has 0 spiro atoms. The molecule has 0 atom stereocenters. The van der Waals surface area contributed by atoms with Crippen molar-refractivity contribution in [3.05, 3.63) is 59.2 Å². The molecule has 0 radical (unpaired) electrons. The van der Waals surface area contributed by atoms with E-state index in [1.807, 2.05) is 32.0 Å². The van der Waals surface area contributed by atoms with Crippen LogP contribution >= 0.6 is 0 Å². The van der Waals surface area contributed by atoms with Crippen LogP contribution < -0.4 is 14.8 Å². The van der Waals surface area contributed by atoms with Gasteiger partial charge in [-0.05, 0) is 49.2 Å². The topological polar surface area (TPSA) is 47.6 Å². The average Bonchev–Trinajstić information content (AvgIpc) is 2.53. The third-order valence-electron chi connectivity index (χ3n) is 3.39. The first-order valence-corrected chi connectivity index (χ1v) is 7.23. The second-order valence-electron chi connectivity index (χ2n) is 5.05. The lowest BCUT2D eigenvalue weighted by atomic mass is 10.1. The minimum absolute atomic E-state index is 0.118. The quantitative estimate of drug-likeness (QED) is 0.834. The molecule has 2 aromatic carbocycles. The van der Waals surface area contributed by atoms with Gasteiger partial charge in [0.15, 0.2) is 0 Å². The van der Waals surface area contributed by atoms with Gasteiger partial charge in [-0.3, -0.25) is 4.79 Å². The van der Waals surface area contributed by atoms with Crippen LogP contribution in [0.4, 0.5) is 0 Å². The Morgan fingerprint density at radius 1 is 1.05 bits per heavy atom. The summed E-state index contributed by atoms with van der Waals surface area (Å²) in [5, 5.41) is 2.84. The molecule has 0 unspecified atom stereocenters. The van der Waals surface area contributed by atoms with Gasteiger partial charge in [-0.2, -0.15) is 0 Å². The summed E-state index contributed by atoms with van der Waals surface area (Å²) in [4.78, 5) is 12.0. The van der Waals surface area contributed by atoms with Crippen LogP contribution in [0.25, 0.3) is 0 Å². The molecule has 1 N–H and O–H groups in total. The van der Waals surface area contributed by atoms with E-state index in [1.54, 1.807) is 31.4 Å². The van der Waals surface area contributed by atoms with E-state index in [1.165, 1.54) is 0 Å². The zero-order valence-corrected chi connectivity index (χ0v) is 13.2. The number of amides is 1. The van der Waals surface area contributed by atoms with Gasteiger partial charge < -0.3 is 14.8 Å². The summed E-state index contributed by atoms with van der Waals surface area (Å²) in [7, 11) is 1.60. The van der Waals surface area contributed by atoms with Crippen LogP contribution in [-0.4, -0.2) is 26.2 Å². The van der Waals surface area contributed by atoms with Crippen LogP contribution in [0, 0.1) is 13.8 Å². The molecule has 0 aliphatic rings. The predicted molar refractivity (Wildman–Crippen MR) is 86.7 cm³/mol. The molecular weight excluding hydrogens is 278 g/mol. The zero-order chi connectivity index (χ0) is 15.9. The first-order valence-electron chi connectivity index (χ1n) is 7.23. The van der Waals surface area contributed by atoms with E-state index in [9.17, 15) is 4.79 Å². The normalized spacial score (nSPS) is 10.1. The molecule has 0 aliphatic carbocycles. The summed E-state index contributed by atoms with van der Waals surface area (Å²) < 4.78 is 10.8. The van der Waals surface area contributed by atoms with Gasteiger partial charge in [0.1, 0.15) is 18.1 Å². The highest BCUT2D eigenvalue weighted by molar-refractivity contribution is 5.94. The second kappa shape index (κ2) is 7.50. The fourth-order valence-electron chi connectivity index (χ4n) is 2.19. The van der Waals surface area contributed by atoms with Crippen molar-refractivity contribution in [2.75, 3.05) is 20.3 Å². The molecule has 0 saturated heterocycles. The SMILES string of the molecule is COc1ccc(C(=O)NCCOc2c(C)cccc2C)cc1. The number of ether oxygens (including phenoxy) is 2. The van der Waals surface area contributed by atoms with E-state index in [4.69, 9.17) is 9.47 Å². The minimum Gasteiger partial charge on any atom is -0.497 e. The van der Waals surface area contributed by atoms with Gasteiger partial charge in [0.2, 0.25) is 0 Å². The Morgan fingerprint density at radius 2 is 1.68 bits per heavy atom.